The summed E-state index contributed by atoms with van der Waals surface area (Å²) in [5.41, 5.74) is 2.37. The minimum absolute atomic E-state index is 0.112. The molecule has 1 aromatic rings. The zero-order chi connectivity index (χ0) is 9.42. The lowest BCUT2D eigenvalue weighted by Crippen LogP contribution is -1.94. The number of hydrogen-bond donors (Lipinski definition) is 1. The third kappa shape index (κ3) is 1.36. The first-order valence-corrected chi connectivity index (χ1v) is 4.55. The molecule has 2 rings (SSSR count). The van der Waals surface area contributed by atoms with Gasteiger partial charge in [0.2, 0.25) is 0 Å². The second-order valence-electron chi connectivity index (χ2n) is 3.18. The number of hydrogen-bond acceptors (Lipinski definition) is 2. The Hall–Kier alpha value is -0.860. The summed E-state index contributed by atoms with van der Waals surface area (Å²) in [4.78, 5) is 11.3. The number of ketones is 1. The zero-order valence-corrected chi connectivity index (χ0v) is 7.77. The minimum atomic E-state index is -0.112. The van der Waals surface area contributed by atoms with Crippen molar-refractivity contribution in [3.8, 4) is 0 Å². The molecule has 68 valence electrons. The van der Waals surface area contributed by atoms with Gasteiger partial charge in [-0.25, -0.2) is 0 Å². The Bertz CT molecular complexity index is 371. The Morgan fingerprint density at radius 2 is 2.15 bits per heavy atom. The van der Waals surface area contributed by atoms with Crippen LogP contribution in [0.5, 0.6) is 0 Å². The van der Waals surface area contributed by atoms with E-state index >= 15 is 0 Å². The maximum absolute atomic E-state index is 11.3. The number of carbonyl (C=O) groups is 1. The SMILES string of the molecule is O=C1CCc2cc(Cl)c(CO)cc21. The predicted molar refractivity (Wildman–Crippen MR) is 50.0 cm³/mol. The maximum atomic E-state index is 11.3. The molecule has 1 aliphatic rings. The van der Waals surface area contributed by atoms with Gasteiger partial charge in [0, 0.05) is 17.0 Å². The van der Waals surface area contributed by atoms with E-state index in [9.17, 15) is 4.79 Å². The van der Waals surface area contributed by atoms with E-state index in [1.807, 2.05) is 0 Å². The van der Waals surface area contributed by atoms with E-state index in [1.165, 1.54) is 0 Å². The first-order valence-electron chi connectivity index (χ1n) is 4.17. The van der Waals surface area contributed by atoms with E-state index in [0.717, 1.165) is 17.5 Å². The van der Waals surface area contributed by atoms with Crippen LogP contribution in [0.15, 0.2) is 12.1 Å². The first kappa shape index (κ1) is 8.73. The van der Waals surface area contributed by atoms with Crippen molar-refractivity contribution < 1.29 is 9.90 Å². The summed E-state index contributed by atoms with van der Waals surface area (Å²) in [7, 11) is 0. The Morgan fingerprint density at radius 1 is 1.38 bits per heavy atom. The summed E-state index contributed by atoms with van der Waals surface area (Å²) in [5, 5.41) is 9.49. The molecule has 1 N–H and O–H groups in total. The van der Waals surface area contributed by atoms with Crippen LogP contribution in [-0.4, -0.2) is 10.9 Å². The molecule has 2 nitrogen and oxygen atoms in total. The van der Waals surface area contributed by atoms with Crippen molar-refractivity contribution >= 4 is 17.4 Å². The summed E-state index contributed by atoms with van der Waals surface area (Å²) in [6.07, 6.45) is 1.35. The number of aliphatic hydroxyl groups is 1. The van der Waals surface area contributed by atoms with Gasteiger partial charge in [0.05, 0.1) is 6.61 Å². The van der Waals surface area contributed by atoms with Gasteiger partial charge in [-0.3, -0.25) is 4.79 Å². The van der Waals surface area contributed by atoms with Crippen LogP contribution in [0.4, 0.5) is 0 Å². The molecule has 0 amide bonds. The number of aliphatic hydroxyl groups excluding tert-OH is 1. The molecule has 0 bridgehead atoms. The number of Topliss-reactive ketones (excluding diaryl/α,β-unsaturated/α-hetero) is 1. The number of benzene rings is 1. The molecule has 0 unspecified atom stereocenters. The Balaban J connectivity index is 2.57. The molecule has 0 heterocycles. The van der Waals surface area contributed by atoms with Crippen molar-refractivity contribution in [1.29, 1.82) is 0 Å². The van der Waals surface area contributed by atoms with E-state index in [2.05, 4.69) is 0 Å². The molecule has 0 saturated carbocycles. The molecule has 3 heteroatoms. The summed E-state index contributed by atoms with van der Waals surface area (Å²) >= 11 is 5.88. The molecule has 1 aromatic carbocycles. The summed E-state index contributed by atoms with van der Waals surface area (Å²) < 4.78 is 0. The highest BCUT2D eigenvalue weighted by molar-refractivity contribution is 6.31. The number of rotatable bonds is 1. The monoisotopic (exact) mass is 196 g/mol. The van der Waals surface area contributed by atoms with Gasteiger partial charge < -0.3 is 5.11 Å². The fraction of sp³-hybridized carbons (Fsp3) is 0.300. The molecule has 0 fully saturated rings. The van der Waals surface area contributed by atoms with Crippen molar-refractivity contribution in [2.24, 2.45) is 0 Å². The van der Waals surface area contributed by atoms with Gasteiger partial charge in [-0.1, -0.05) is 11.6 Å². The molecule has 0 saturated heterocycles. The van der Waals surface area contributed by atoms with Crippen molar-refractivity contribution in [3.05, 3.63) is 33.8 Å². The normalized spacial score (nSPS) is 14.8. The molecular weight excluding hydrogens is 188 g/mol. The Morgan fingerprint density at radius 3 is 2.85 bits per heavy atom. The molecule has 0 radical (unpaired) electrons. The number of fused-ring (bicyclic) bond motifs is 1. The second kappa shape index (κ2) is 3.13. The van der Waals surface area contributed by atoms with Gasteiger partial charge in [-0.05, 0) is 29.7 Å². The van der Waals surface area contributed by atoms with Crippen LogP contribution in [-0.2, 0) is 13.0 Å². The van der Waals surface area contributed by atoms with Gasteiger partial charge >= 0.3 is 0 Å². The Labute approximate surface area is 81.1 Å². The molecule has 0 aliphatic heterocycles. The average molecular weight is 197 g/mol. The van der Waals surface area contributed by atoms with Crippen LogP contribution in [0.1, 0.15) is 27.9 Å². The van der Waals surface area contributed by atoms with Crippen LogP contribution < -0.4 is 0 Å². The van der Waals surface area contributed by atoms with E-state index in [-0.39, 0.29) is 12.4 Å². The molecule has 1 aliphatic carbocycles. The van der Waals surface area contributed by atoms with E-state index in [0.29, 0.717) is 17.0 Å². The first-order chi connectivity index (χ1) is 6.22. The molecule has 0 aromatic heterocycles. The smallest absolute Gasteiger partial charge is 0.163 e. The predicted octanol–water partition coefficient (Wildman–Crippen LogP) is 1.96. The summed E-state index contributed by atoms with van der Waals surface area (Å²) in [6, 6.07) is 3.49. The number of aryl methyl sites for hydroxylation is 1. The third-order valence-electron chi connectivity index (χ3n) is 2.36. The van der Waals surface area contributed by atoms with Crippen LogP contribution >= 0.6 is 11.6 Å². The van der Waals surface area contributed by atoms with Crippen LogP contribution in [0.25, 0.3) is 0 Å². The van der Waals surface area contributed by atoms with Gasteiger partial charge in [0.1, 0.15) is 0 Å². The van der Waals surface area contributed by atoms with Gasteiger partial charge in [-0.15, -0.1) is 0 Å². The van der Waals surface area contributed by atoms with Gasteiger partial charge in [-0.2, -0.15) is 0 Å². The van der Waals surface area contributed by atoms with E-state index in [1.54, 1.807) is 12.1 Å². The van der Waals surface area contributed by atoms with Crippen LogP contribution in [0, 0.1) is 0 Å². The minimum Gasteiger partial charge on any atom is -0.392 e. The largest absolute Gasteiger partial charge is 0.392 e. The van der Waals surface area contributed by atoms with Crippen molar-refractivity contribution in [1.82, 2.24) is 0 Å². The number of halogens is 1. The average Bonchev–Trinajstić information content (AvgIpc) is 2.46. The standard InChI is InChI=1S/C10H9ClO2/c11-9-4-6-1-2-10(13)8(6)3-7(9)5-12/h3-4,12H,1-2,5H2. The second-order valence-corrected chi connectivity index (χ2v) is 3.59. The highest BCUT2D eigenvalue weighted by Crippen LogP contribution is 2.28. The fourth-order valence-electron chi connectivity index (χ4n) is 1.63. The lowest BCUT2D eigenvalue weighted by Gasteiger charge is -2.03. The van der Waals surface area contributed by atoms with Crippen LogP contribution in [0.3, 0.4) is 0 Å². The van der Waals surface area contributed by atoms with Crippen molar-refractivity contribution in [2.75, 3.05) is 0 Å². The topological polar surface area (TPSA) is 37.3 Å². The summed E-state index contributed by atoms with van der Waals surface area (Å²) in [5.74, 6) is 0.154. The maximum Gasteiger partial charge on any atom is 0.163 e. The molecule has 0 spiro atoms. The van der Waals surface area contributed by atoms with Crippen molar-refractivity contribution in [2.45, 2.75) is 19.4 Å². The highest BCUT2D eigenvalue weighted by Gasteiger charge is 2.20. The molecule has 13 heavy (non-hydrogen) atoms. The zero-order valence-electron chi connectivity index (χ0n) is 7.01. The third-order valence-corrected chi connectivity index (χ3v) is 2.72. The van der Waals surface area contributed by atoms with Gasteiger partial charge in [0.15, 0.2) is 5.78 Å². The van der Waals surface area contributed by atoms with Crippen molar-refractivity contribution in [3.63, 3.8) is 0 Å². The Kier molecular flexibility index (Phi) is 2.10. The highest BCUT2D eigenvalue weighted by atomic mass is 35.5. The fourth-order valence-corrected chi connectivity index (χ4v) is 1.88. The molecule has 0 atom stereocenters. The van der Waals surface area contributed by atoms with Crippen LogP contribution in [0.2, 0.25) is 5.02 Å². The summed E-state index contributed by atoms with van der Waals surface area (Å²) in [6.45, 7) is -0.112. The van der Waals surface area contributed by atoms with E-state index in [4.69, 9.17) is 16.7 Å². The van der Waals surface area contributed by atoms with Gasteiger partial charge in [0.25, 0.3) is 0 Å². The number of carbonyl (C=O) groups excluding carboxylic acids is 1. The lowest BCUT2D eigenvalue weighted by atomic mass is 10.1. The quantitative estimate of drug-likeness (QED) is 0.746. The van der Waals surface area contributed by atoms with E-state index < -0.39 is 0 Å². The molecular formula is C10H9ClO2. The lowest BCUT2D eigenvalue weighted by molar-refractivity contribution is 0.0994.